The maximum absolute atomic E-state index is 12.9. The van der Waals surface area contributed by atoms with Gasteiger partial charge in [0.05, 0.1) is 12.1 Å². The van der Waals surface area contributed by atoms with E-state index in [1.807, 2.05) is 11.8 Å². The predicted octanol–water partition coefficient (Wildman–Crippen LogP) is 3.48. The van der Waals surface area contributed by atoms with Crippen molar-refractivity contribution >= 4 is 11.8 Å². The fourth-order valence-electron chi connectivity index (χ4n) is 4.68. The normalized spacial score (nSPS) is 22.5. The molecule has 0 spiro atoms. The summed E-state index contributed by atoms with van der Waals surface area (Å²) >= 11 is 0. The van der Waals surface area contributed by atoms with E-state index in [0.717, 1.165) is 62.4 Å². The molecule has 0 aromatic carbocycles. The Morgan fingerprint density at radius 3 is 2.74 bits per heavy atom. The zero-order valence-corrected chi connectivity index (χ0v) is 17.1. The Bertz CT molecular complexity index is 637. The van der Waals surface area contributed by atoms with E-state index in [-0.39, 0.29) is 11.6 Å². The second kappa shape index (κ2) is 8.91. The number of aromatic nitrogens is 1. The Hall–Kier alpha value is -1.82. The van der Waals surface area contributed by atoms with Gasteiger partial charge >= 0.3 is 6.03 Å². The lowest BCUT2D eigenvalue weighted by Crippen LogP contribution is -2.53. The minimum Gasteiger partial charge on any atom is -0.382 e. The summed E-state index contributed by atoms with van der Waals surface area (Å²) in [6.45, 7) is 8.31. The van der Waals surface area contributed by atoms with Crippen LogP contribution in [0.15, 0.2) is 12.1 Å². The number of anilines is 1. The van der Waals surface area contributed by atoms with Crippen LogP contribution < -0.4 is 10.2 Å². The second-order valence-corrected chi connectivity index (χ2v) is 7.99. The zero-order chi connectivity index (χ0) is 19.3. The molecule has 2 aliphatic rings. The molecule has 1 aromatic rings. The van der Waals surface area contributed by atoms with E-state index in [1.54, 1.807) is 7.11 Å². The number of hydrogen-bond donors (Lipinski definition) is 1. The molecule has 0 radical (unpaired) electrons. The number of nitrogens with zero attached hydrogens (tertiary/aromatic N) is 3. The fraction of sp³-hybridized carbons (Fsp3) is 0.714. The quantitative estimate of drug-likeness (QED) is 0.794. The molecule has 6 heteroatoms. The van der Waals surface area contributed by atoms with Crippen molar-refractivity contribution < 1.29 is 9.53 Å². The number of carbonyl (C=O) groups is 1. The number of ether oxygens (including phenoxy) is 1. The van der Waals surface area contributed by atoms with Crippen molar-refractivity contribution in [2.75, 3.05) is 38.3 Å². The maximum atomic E-state index is 12.9. The Balaban J connectivity index is 1.66. The highest BCUT2D eigenvalue weighted by Crippen LogP contribution is 2.34. The largest absolute Gasteiger partial charge is 0.382 e. The first-order valence-electron chi connectivity index (χ1n) is 10.3. The van der Waals surface area contributed by atoms with Gasteiger partial charge in [-0.05, 0) is 56.7 Å². The molecule has 2 aliphatic heterocycles. The van der Waals surface area contributed by atoms with Crippen LogP contribution in [0.2, 0.25) is 0 Å². The number of hydrogen-bond acceptors (Lipinski definition) is 4. The molecule has 0 saturated carbocycles. The van der Waals surface area contributed by atoms with Crippen molar-refractivity contribution in [3.8, 4) is 0 Å². The third-order valence-corrected chi connectivity index (χ3v) is 5.84. The molecule has 6 nitrogen and oxygen atoms in total. The van der Waals surface area contributed by atoms with Gasteiger partial charge in [-0.15, -0.1) is 0 Å². The Kier molecular flexibility index (Phi) is 6.58. The van der Waals surface area contributed by atoms with Gasteiger partial charge in [-0.3, -0.25) is 0 Å². The lowest BCUT2D eigenvalue weighted by atomic mass is 9.91. The molecule has 2 saturated heterocycles. The molecular weight excluding hydrogens is 340 g/mol. The molecule has 3 heterocycles. The number of pyridine rings is 1. The molecule has 0 bridgehead atoms. The van der Waals surface area contributed by atoms with Gasteiger partial charge < -0.3 is 19.9 Å². The standard InChI is InChI=1S/C21H34N4O2/c1-4-8-21(16-27-3)9-7-12-25(21)20(26)22-15-18-13-17(2)23-19(14-18)24-10-5-6-11-24/h13-14H,4-12,15-16H2,1-3H3,(H,22,26). The van der Waals surface area contributed by atoms with Gasteiger partial charge in [0.2, 0.25) is 0 Å². The number of amides is 2. The molecule has 1 unspecified atom stereocenters. The summed E-state index contributed by atoms with van der Waals surface area (Å²) in [5.41, 5.74) is 1.97. The molecule has 0 aliphatic carbocycles. The summed E-state index contributed by atoms with van der Waals surface area (Å²) in [5, 5.41) is 3.14. The Labute approximate surface area is 163 Å². The van der Waals surface area contributed by atoms with Crippen molar-refractivity contribution in [1.82, 2.24) is 15.2 Å². The summed E-state index contributed by atoms with van der Waals surface area (Å²) in [5.74, 6) is 1.04. The summed E-state index contributed by atoms with van der Waals surface area (Å²) in [4.78, 5) is 22.0. The van der Waals surface area contributed by atoms with Crippen LogP contribution >= 0.6 is 0 Å². The summed E-state index contributed by atoms with van der Waals surface area (Å²) in [6, 6.07) is 4.21. The third kappa shape index (κ3) is 4.54. The fourth-order valence-corrected chi connectivity index (χ4v) is 4.68. The Morgan fingerprint density at radius 2 is 2.04 bits per heavy atom. The van der Waals surface area contributed by atoms with Crippen molar-refractivity contribution in [3.05, 3.63) is 23.4 Å². The minimum absolute atomic E-state index is 0.0233. The molecule has 2 amide bonds. The number of likely N-dealkylation sites (tertiary alicyclic amines) is 1. The van der Waals surface area contributed by atoms with Gasteiger partial charge in [0.25, 0.3) is 0 Å². The van der Waals surface area contributed by atoms with E-state index in [9.17, 15) is 4.79 Å². The lowest BCUT2D eigenvalue weighted by molar-refractivity contribution is 0.0501. The topological polar surface area (TPSA) is 57.7 Å². The molecule has 1 N–H and O–H groups in total. The van der Waals surface area contributed by atoms with Crippen LogP contribution in [0.3, 0.4) is 0 Å². The first kappa shape index (κ1) is 19.9. The van der Waals surface area contributed by atoms with Crippen molar-refractivity contribution in [2.45, 2.75) is 64.5 Å². The van der Waals surface area contributed by atoms with Crippen molar-refractivity contribution in [1.29, 1.82) is 0 Å². The van der Waals surface area contributed by atoms with Gasteiger partial charge in [0.15, 0.2) is 0 Å². The summed E-state index contributed by atoms with van der Waals surface area (Å²) < 4.78 is 5.48. The SMILES string of the molecule is CCCC1(COC)CCCN1C(=O)NCc1cc(C)nc(N2CCCC2)c1. The van der Waals surface area contributed by atoms with Crippen molar-refractivity contribution in [2.24, 2.45) is 0 Å². The average Bonchev–Trinajstić information content (AvgIpc) is 3.30. The van der Waals surface area contributed by atoms with Gasteiger partial charge in [0, 0.05) is 39.0 Å². The van der Waals surface area contributed by atoms with Gasteiger partial charge in [-0.25, -0.2) is 9.78 Å². The number of nitrogens with one attached hydrogen (secondary N) is 1. The van der Waals surface area contributed by atoms with Gasteiger partial charge in [0.1, 0.15) is 5.82 Å². The number of aryl methyl sites for hydroxylation is 1. The predicted molar refractivity (Wildman–Crippen MR) is 108 cm³/mol. The number of rotatable bonds is 7. The van der Waals surface area contributed by atoms with Crippen LogP contribution in [-0.2, 0) is 11.3 Å². The Morgan fingerprint density at radius 1 is 1.26 bits per heavy atom. The molecule has 150 valence electrons. The zero-order valence-electron chi connectivity index (χ0n) is 17.1. The first-order valence-corrected chi connectivity index (χ1v) is 10.3. The van der Waals surface area contributed by atoms with Crippen molar-refractivity contribution in [3.63, 3.8) is 0 Å². The highest BCUT2D eigenvalue weighted by molar-refractivity contribution is 5.75. The van der Waals surface area contributed by atoms with E-state index >= 15 is 0 Å². The van der Waals surface area contributed by atoms with Crippen LogP contribution in [0.4, 0.5) is 10.6 Å². The molecule has 27 heavy (non-hydrogen) atoms. The smallest absolute Gasteiger partial charge is 0.318 e. The summed E-state index contributed by atoms with van der Waals surface area (Å²) in [7, 11) is 1.73. The molecule has 3 rings (SSSR count). The van der Waals surface area contributed by atoms with Crippen LogP contribution in [0.25, 0.3) is 0 Å². The van der Waals surface area contributed by atoms with Crippen LogP contribution in [0, 0.1) is 6.92 Å². The monoisotopic (exact) mass is 374 g/mol. The van der Waals surface area contributed by atoms with E-state index in [2.05, 4.69) is 34.3 Å². The number of methoxy groups -OCH3 is 1. The molecule has 2 fully saturated rings. The highest BCUT2D eigenvalue weighted by atomic mass is 16.5. The van der Waals surface area contributed by atoms with Crippen LogP contribution in [0.1, 0.15) is 56.7 Å². The number of carbonyl (C=O) groups excluding carboxylic acids is 1. The lowest BCUT2D eigenvalue weighted by Gasteiger charge is -2.38. The van der Waals surface area contributed by atoms with Crippen LogP contribution in [-0.4, -0.2) is 54.8 Å². The third-order valence-electron chi connectivity index (χ3n) is 5.84. The highest BCUT2D eigenvalue weighted by Gasteiger charge is 2.42. The minimum atomic E-state index is -0.150. The second-order valence-electron chi connectivity index (χ2n) is 7.99. The number of urea groups is 1. The maximum Gasteiger partial charge on any atom is 0.318 e. The first-order chi connectivity index (χ1) is 13.1. The van der Waals surface area contributed by atoms with E-state index in [4.69, 9.17) is 4.74 Å². The molecule has 1 atom stereocenters. The molecule has 1 aromatic heterocycles. The average molecular weight is 375 g/mol. The van der Waals surface area contributed by atoms with E-state index in [1.165, 1.54) is 12.8 Å². The molecular formula is C21H34N4O2. The van der Waals surface area contributed by atoms with Gasteiger partial charge in [-0.1, -0.05) is 13.3 Å². The summed E-state index contributed by atoms with van der Waals surface area (Å²) in [6.07, 6.45) is 6.57. The van der Waals surface area contributed by atoms with Gasteiger partial charge in [-0.2, -0.15) is 0 Å². The van der Waals surface area contributed by atoms with Crippen LogP contribution in [0.5, 0.6) is 0 Å². The van der Waals surface area contributed by atoms with E-state index < -0.39 is 0 Å². The van der Waals surface area contributed by atoms with E-state index in [0.29, 0.717) is 13.2 Å².